The summed E-state index contributed by atoms with van der Waals surface area (Å²) >= 11 is 0. The molecule has 0 radical (unpaired) electrons. The van der Waals surface area contributed by atoms with Gasteiger partial charge < -0.3 is 9.05 Å². The topological polar surface area (TPSA) is 35.5 Å². The lowest BCUT2D eigenvalue weighted by atomic mass is 10.8. The van der Waals surface area contributed by atoms with Crippen molar-refractivity contribution in [2.24, 2.45) is 0 Å². The van der Waals surface area contributed by atoms with E-state index in [-0.39, 0.29) is 5.52 Å². The Labute approximate surface area is 48.9 Å². The summed E-state index contributed by atoms with van der Waals surface area (Å²) in [6.45, 7) is 2.63. The first-order chi connectivity index (χ1) is 3.80. The molecule has 0 N–H and O–H groups in total. The number of rotatable bonds is 1. The van der Waals surface area contributed by atoms with Crippen molar-refractivity contribution in [1.29, 1.82) is 0 Å². The van der Waals surface area contributed by atoms with Crippen LogP contribution in [0.5, 0.6) is 0 Å². The van der Waals surface area contributed by atoms with Crippen molar-refractivity contribution in [3.8, 4) is 0 Å². The maximum atomic E-state index is 10.4. The molecule has 0 aromatic carbocycles. The number of carbonyl (C=O) groups excluding carboxylic acids is 1. The van der Waals surface area contributed by atoms with Gasteiger partial charge in [-0.2, -0.15) is 0 Å². The Morgan fingerprint density at radius 2 is 2.00 bits per heavy atom. The van der Waals surface area contributed by atoms with Gasteiger partial charge in [-0.15, -0.1) is 0 Å². The predicted molar refractivity (Wildman–Crippen MR) is 29.5 cm³/mol. The van der Waals surface area contributed by atoms with Gasteiger partial charge in [-0.25, -0.2) is 0 Å². The minimum Gasteiger partial charge on any atom is -0.326 e. The first kappa shape index (κ1) is 6.14. The number of carbonyl (C=O) groups is 1. The molecule has 0 atom stereocenters. The smallest absolute Gasteiger partial charge is 0.243 e. The van der Waals surface area contributed by atoms with Crippen LogP contribution in [0.15, 0.2) is 0 Å². The molecule has 0 bridgehead atoms. The molecule has 0 spiro atoms. The molecule has 0 saturated carbocycles. The highest BCUT2D eigenvalue weighted by Crippen LogP contribution is 2.42. The third-order valence-electron chi connectivity index (χ3n) is 0.758. The second kappa shape index (κ2) is 2.53. The molecular weight excluding hydrogens is 127 g/mol. The van der Waals surface area contributed by atoms with Crippen LogP contribution >= 0.6 is 8.38 Å². The lowest BCUT2D eigenvalue weighted by Gasteiger charge is -1.98. The lowest BCUT2D eigenvalue weighted by molar-refractivity contribution is -0.110. The molecule has 1 saturated heterocycles. The van der Waals surface area contributed by atoms with Gasteiger partial charge in [0.1, 0.15) is 0 Å². The zero-order valence-corrected chi connectivity index (χ0v) is 5.48. The van der Waals surface area contributed by atoms with Crippen LogP contribution in [0.4, 0.5) is 0 Å². The molecule has 1 aliphatic heterocycles. The second-order valence-electron chi connectivity index (χ2n) is 1.44. The summed E-state index contributed by atoms with van der Waals surface area (Å²) in [5, 5.41) is 0. The molecule has 46 valence electrons. The van der Waals surface area contributed by atoms with Crippen molar-refractivity contribution < 1.29 is 13.8 Å². The minimum absolute atomic E-state index is 0.0116. The average molecular weight is 134 g/mol. The average Bonchev–Trinajstić information content (AvgIpc) is 2.12. The van der Waals surface area contributed by atoms with E-state index in [4.69, 9.17) is 9.05 Å². The molecule has 0 amide bonds. The van der Waals surface area contributed by atoms with Gasteiger partial charge >= 0.3 is 0 Å². The summed E-state index contributed by atoms with van der Waals surface area (Å²) in [6, 6.07) is 0. The van der Waals surface area contributed by atoms with Crippen LogP contribution in [0.3, 0.4) is 0 Å². The van der Waals surface area contributed by atoms with E-state index in [0.29, 0.717) is 13.2 Å². The molecule has 1 heterocycles. The van der Waals surface area contributed by atoms with Gasteiger partial charge in [0.25, 0.3) is 0 Å². The third kappa shape index (κ3) is 1.25. The van der Waals surface area contributed by atoms with Gasteiger partial charge in [0, 0.05) is 6.92 Å². The van der Waals surface area contributed by atoms with Crippen molar-refractivity contribution in [3.05, 3.63) is 0 Å². The molecule has 0 unspecified atom stereocenters. The first-order valence-electron chi connectivity index (χ1n) is 2.37. The van der Waals surface area contributed by atoms with Gasteiger partial charge in [-0.1, -0.05) is 0 Å². The normalized spacial score (nSPS) is 21.6. The highest BCUT2D eigenvalue weighted by molar-refractivity contribution is 7.66. The highest BCUT2D eigenvalue weighted by Gasteiger charge is 2.21. The SMILES string of the molecule is CC(=O)P1OCCO1. The largest absolute Gasteiger partial charge is 0.326 e. The molecule has 1 aliphatic rings. The van der Waals surface area contributed by atoms with Gasteiger partial charge in [0.2, 0.25) is 13.9 Å². The van der Waals surface area contributed by atoms with Crippen molar-refractivity contribution in [3.63, 3.8) is 0 Å². The van der Waals surface area contributed by atoms with Crippen LogP contribution in [0.2, 0.25) is 0 Å². The zero-order chi connectivity index (χ0) is 5.98. The van der Waals surface area contributed by atoms with Crippen molar-refractivity contribution in [2.75, 3.05) is 13.2 Å². The van der Waals surface area contributed by atoms with Crippen molar-refractivity contribution in [1.82, 2.24) is 0 Å². The van der Waals surface area contributed by atoms with Gasteiger partial charge in [-0.3, -0.25) is 4.79 Å². The Hall–Kier alpha value is 0.0200. The lowest BCUT2D eigenvalue weighted by Crippen LogP contribution is -1.85. The summed E-state index contributed by atoms with van der Waals surface area (Å²) in [5.74, 6) is 0. The Morgan fingerprint density at radius 1 is 1.50 bits per heavy atom. The van der Waals surface area contributed by atoms with E-state index < -0.39 is 8.38 Å². The Balaban J connectivity index is 2.35. The Morgan fingerprint density at radius 3 is 2.25 bits per heavy atom. The fourth-order valence-electron chi connectivity index (χ4n) is 0.459. The molecule has 1 fully saturated rings. The predicted octanol–water partition coefficient (Wildman–Crippen LogP) is 0.892. The summed E-state index contributed by atoms with van der Waals surface area (Å²) in [7, 11) is -1.14. The Bertz CT molecular complexity index is 97.5. The Kier molecular flexibility index (Phi) is 1.95. The van der Waals surface area contributed by atoms with E-state index in [1.807, 2.05) is 0 Å². The number of hydrogen-bond donors (Lipinski definition) is 0. The minimum atomic E-state index is -1.14. The maximum absolute atomic E-state index is 10.4. The molecule has 0 aliphatic carbocycles. The van der Waals surface area contributed by atoms with E-state index in [9.17, 15) is 4.79 Å². The molecule has 3 nitrogen and oxygen atoms in total. The van der Waals surface area contributed by atoms with Crippen LogP contribution in [0.1, 0.15) is 6.92 Å². The fourth-order valence-corrected chi connectivity index (χ4v) is 1.38. The summed E-state index contributed by atoms with van der Waals surface area (Å²) in [5.41, 5.74) is 0.0116. The molecule has 4 heteroatoms. The number of hydrogen-bond acceptors (Lipinski definition) is 3. The molecule has 8 heavy (non-hydrogen) atoms. The molecule has 0 aromatic rings. The van der Waals surface area contributed by atoms with Crippen LogP contribution in [-0.4, -0.2) is 18.7 Å². The van der Waals surface area contributed by atoms with Crippen LogP contribution in [-0.2, 0) is 13.8 Å². The zero-order valence-electron chi connectivity index (χ0n) is 4.59. The van der Waals surface area contributed by atoms with E-state index in [1.54, 1.807) is 0 Å². The maximum Gasteiger partial charge on any atom is 0.243 e. The third-order valence-corrected chi connectivity index (χ3v) is 2.11. The first-order valence-corrected chi connectivity index (χ1v) is 3.55. The van der Waals surface area contributed by atoms with E-state index >= 15 is 0 Å². The molecule has 0 aromatic heterocycles. The highest BCUT2D eigenvalue weighted by atomic mass is 31.2. The fraction of sp³-hybridized carbons (Fsp3) is 0.750. The van der Waals surface area contributed by atoms with Crippen LogP contribution in [0.25, 0.3) is 0 Å². The van der Waals surface area contributed by atoms with E-state index in [2.05, 4.69) is 0 Å². The van der Waals surface area contributed by atoms with E-state index in [1.165, 1.54) is 6.92 Å². The standard InChI is InChI=1S/C4H7O3P/c1-4(5)8-6-2-3-7-8/h2-3H2,1H3. The quantitative estimate of drug-likeness (QED) is 0.499. The van der Waals surface area contributed by atoms with Crippen LogP contribution in [0, 0.1) is 0 Å². The molecule has 1 rings (SSSR count). The summed E-state index contributed by atoms with van der Waals surface area (Å²) < 4.78 is 9.81. The second-order valence-corrected chi connectivity index (χ2v) is 3.10. The van der Waals surface area contributed by atoms with Gasteiger partial charge in [-0.05, 0) is 0 Å². The molecular formula is C4H7O3P. The monoisotopic (exact) mass is 134 g/mol. The summed E-state index contributed by atoms with van der Waals surface area (Å²) in [6.07, 6.45) is 0. The summed E-state index contributed by atoms with van der Waals surface area (Å²) in [4.78, 5) is 10.4. The van der Waals surface area contributed by atoms with Crippen LogP contribution < -0.4 is 0 Å². The van der Waals surface area contributed by atoms with Gasteiger partial charge in [0.15, 0.2) is 0 Å². The van der Waals surface area contributed by atoms with Gasteiger partial charge in [0.05, 0.1) is 13.2 Å². The van der Waals surface area contributed by atoms with E-state index in [0.717, 1.165) is 0 Å². The van der Waals surface area contributed by atoms with Crippen molar-refractivity contribution >= 4 is 13.9 Å². The van der Waals surface area contributed by atoms with Crippen molar-refractivity contribution in [2.45, 2.75) is 6.92 Å².